The number of aliphatic hydroxyl groups excluding tert-OH is 10. The molecule has 16 heteroatoms. The van der Waals surface area contributed by atoms with Gasteiger partial charge in [0.15, 0.2) is 12.4 Å². The van der Waals surface area contributed by atoms with Gasteiger partial charge in [0.2, 0.25) is 6.29 Å². The van der Waals surface area contributed by atoms with E-state index in [9.17, 15) is 61.0 Å². The number of carbonyl (C=O) groups excluding carboxylic acids is 1. The lowest BCUT2D eigenvalue weighted by molar-refractivity contribution is -0.364. The van der Waals surface area contributed by atoms with E-state index in [1.807, 2.05) is 6.92 Å². The first-order chi connectivity index (χ1) is 22.5. The molecule has 19 atom stereocenters. The third-order valence-electron chi connectivity index (χ3n) is 13.3. The topological polar surface area (TPSA) is 277 Å². The smallest absolute Gasteiger partial charge is 0.314 e. The number of ether oxygens (including phenoxy) is 4. The number of esters is 1. The minimum atomic E-state index is -1.89. The Hall–Kier alpha value is -1.09. The summed E-state index contributed by atoms with van der Waals surface area (Å²) in [7, 11) is 0. The van der Waals surface area contributed by atoms with Gasteiger partial charge in [-0.25, -0.2) is 0 Å². The molecule has 48 heavy (non-hydrogen) atoms. The molecule has 4 aliphatic carbocycles. The Morgan fingerprint density at radius 2 is 1.40 bits per heavy atom. The number of fused-ring (bicyclic) bond motifs is 3. The van der Waals surface area contributed by atoms with Crippen molar-refractivity contribution in [3.8, 4) is 0 Å². The van der Waals surface area contributed by atoms with E-state index >= 15 is 0 Å². The zero-order valence-corrected chi connectivity index (χ0v) is 27.2. The van der Waals surface area contributed by atoms with Crippen LogP contribution in [0.15, 0.2) is 0 Å². The summed E-state index contributed by atoms with van der Waals surface area (Å²) >= 11 is 0. The zero-order valence-electron chi connectivity index (χ0n) is 27.2. The molecule has 6 rings (SSSR count). The van der Waals surface area contributed by atoms with Gasteiger partial charge < -0.3 is 75.1 Å². The Balaban J connectivity index is 1.28. The van der Waals surface area contributed by atoms with Crippen molar-refractivity contribution >= 4 is 5.97 Å². The highest BCUT2D eigenvalue weighted by Crippen LogP contribution is 2.73. The summed E-state index contributed by atoms with van der Waals surface area (Å²) in [5.41, 5.74) is -4.14. The molecule has 4 saturated carbocycles. The summed E-state index contributed by atoms with van der Waals surface area (Å²) in [5, 5.41) is 117. The highest BCUT2D eigenvalue weighted by atomic mass is 16.8. The minimum absolute atomic E-state index is 0.193. The minimum Gasteiger partial charge on any atom is -0.432 e. The number of rotatable bonds is 7. The van der Waals surface area contributed by atoms with Crippen molar-refractivity contribution in [1.29, 1.82) is 0 Å². The highest BCUT2D eigenvalue weighted by Gasteiger charge is 2.74. The first-order valence-corrected chi connectivity index (χ1v) is 17.0. The molecule has 0 amide bonds. The molecule has 0 aromatic carbocycles. The third-order valence-corrected chi connectivity index (χ3v) is 13.3. The van der Waals surface area contributed by atoms with E-state index in [1.165, 1.54) is 0 Å². The Bertz CT molecular complexity index is 1190. The molecule has 0 aromatic heterocycles. The first kappa shape index (κ1) is 36.7. The van der Waals surface area contributed by atoms with Gasteiger partial charge in [0, 0.05) is 23.9 Å². The van der Waals surface area contributed by atoms with Gasteiger partial charge in [-0.2, -0.15) is 0 Å². The second-order valence-corrected chi connectivity index (χ2v) is 15.8. The quantitative estimate of drug-likeness (QED) is 0.114. The van der Waals surface area contributed by atoms with E-state index in [-0.39, 0.29) is 25.4 Å². The predicted octanol–water partition coefficient (Wildman–Crippen LogP) is -3.77. The van der Waals surface area contributed by atoms with E-state index < -0.39 is 126 Å². The largest absolute Gasteiger partial charge is 0.432 e. The molecule has 2 heterocycles. The second kappa shape index (κ2) is 12.8. The van der Waals surface area contributed by atoms with Crippen molar-refractivity contribution in [2.45, 2.75) is 138 Å². The number of hydrogen-bond donors (Lipinski definition) is 11. The molecule has 19 unspecified atom stereocenters. The molecular weight excluding hydrogens is 640 g/mol. The predicted molar refractivity (Wildman–Crippen MR) is 158 cm³/mol. The Labute approximate surface area is 277 Å². The second-order valence-electron chi connectivity index (χ2n) is 15.8. The lowest BCUT2D eigenvalue weighted by atomic mass is 9.39. The average Bonchev–Trinajstić information content (AvgIpc) is 3.28. The standard InChI is InChI=1S/C32H52O16/c1-29-5-3-6-30(2,24(29)22(41)25(42)31-8-13(9-33)32(44,12-31)7-4-16(29)31)28(43)48-27-23(20(39)18(37)15(11-35)46-27)47-26-21(40)19(38)17(36)14(10-34)45-26/h13-27,33-42,44H,3-12H2,1-2H3. The van der Waals surface area contributed by atoms with Crippen molar-refractivity contribution in [2.75, 3.05) is 19.8 Å². The van der Waals surface area contributed by atoms with Crippen molar-refractivity contribution in [3.05, 3.63) is 0 Å². The van der Waals surface area contributed by atoms with E-state index in [0.29, 0.717) is 32.1 Å². The van der Waals surface area contributed by atoms with Gasteiger partial charge in [-0.1, -0.05) is 13.3 Å². The van der Waals surface area contributed by atoms with Crippen LogP contribution in [0.4, 0.5) is 0 Å². The monoisotopic (exact) mass is 692 g/mol. The van der Waals surface area contributed by atoms with Gasteiger partial charge in [-0.3, -0.25) is 4.79 Å². The van der Waals surface area contributed by atoms with Gasteiger partial charge >= 0.3 is 5.97 Å². The van der Waals surface area contributed by atoms with Crippen LogP contribution in [0.3, 0.4) is 0 Å². The fourth-order valence-electron chi connectivity index (χ4n) is 11.0. The van der Waals surface area contributed by atoms with Gasteiger partial charge in [0.25, 0.3) is 0 Å². The zero-order chi connectivity index (χ0) is 35.1. The molecule has 6 aliphatic rings. The van der Waals surface area contributed by atoms with Crippen molar-refractivity contribution in [3.63, 3.8) is 0 Å². The number of hydrogen-bond acceptors (Lipinski definition) is 16. The van der Waals surface area contributed by atoms with Crippen molar-refractivity contribution < 1.29 is 79.9 Å². The molecule has 16 nitrogen and oxygen atoms in total. The molecule has 6 fully saturated rings. The maximum Gasteiger partial charge on any atom is 0.314 e. The SMILES string of the molecule is CC1(C(=O)OC2OC(CO)C(O)C(O)C2OC2OC(CO)C(O)C(O)C2O)CCCC2(C)C1C(O)C(O)C13CC(CO)C(O)(CCC21)C3. The fraction of sp³-hybridized carbons (Fsp3) is 0.969. The average molecular weight is 693 g/mol. The van der Waals surface area contributed by atoms with Crippen molar-refractivity contribution in [2.24, 2.45) is 34.0 Å². The van der Waals surface area contributed by atoms with Crippen LogP contribution in [0.25, 0.3) is 0 Å². The van der Waals surface area contributed by atoms with E-state index in [0.717, 1.165) is 0 Å². The van der Waals surface area contributed by atoms with E-state index in [1.54, 1.807) is 6.92 Å². The molecule has 11 N–H and O–H groups in total. The van der Waals surface area contributed by atoms with Crippen LogP contribution >= 0.6 is 0 Å². The summed E-state index contributed by atoms with van der Waals surface area (Å²) < 4.78 is 22.7. The maximum absolute atomic E-state index is 14.4. The number of aliphatic hydroxyl groups is 11. The number of carbonyl (C=O) groups is 1. The summed E-state index contributed by atoms with van der Waals surface area (Å²) in [6.07, 6.45) is -17.0. The van der Waals surface area contributed by atoms with Crippen molar-refractivity contribution in [1.82, 2.24) is 0 Å². The maximum atomic E-state index is 14.4. The molecule has 2 bridgehead atoms. The molecule has 2 aliphatic heterocycles. The Morgan fingerprint density at radius 1 is 0.771 bits per heavy atom. The fourth-order valence-corrected chi connectivity index (χ4v) is 11.0. The molecule has 0 radical (unpaired) electrons. The van der Waals surface area contributed by atoms with Crippen LogP contribution in [-0.4, -0.2) is 161 Å². The van der Waals surface area contributed by atoms with Crippen LogP contribution in [0, 0.1) is 34.0 Å². The molecule has 0 aromatic rings. The van der Waals surface area contributed by atoms with Crippen LogP contribution in [-0.2, 0) is 23.7 Å². The van der Waals surface area contributed by atoms with Gasteiger partial charge in [0.1, 0.15) is 42.7 Å². The van der Waals surface area contributed by atoms with Crippen LogP contribution < -0.4 is 0 Å². The van der Waals surface area contributed by atoms with Gasteiger partial charge in [-0.15, -0.1) is 0 Å². The first-order valence-electron chi connectivity index (χ1n) is 17.0. The summed E-state index contributed by atoms with van der Waals surface area (Å²) in [6.45, 7) is 1.82. The third kappa shape index (κ3) is 5.29. The molecule has 1 spiro atoms. The van der Waals surface area contributed by atoms with E-state index in [4.69, 9.17) is 18.9 Å². The normalized spacial score (nSPS) is 56.6. The van der Waals surface area contributed by atoms with Gasteiger partial charge in [-0.05, 0) is 56.8 Å². The van der Waals surface area contributed by atoms with Crippen LogP contribution in [0.5, 0.6) is 0 Å². The molecule has 2 saturated heterocycles. The Kier molecular flexibility index (Phi) is 9.82. The Morgan fingerprint density at radius 3 is 2.02 bits per heavy atom. The molecular formula is C32H52O16. The van der Waals surface area contributed by atoms with E-state index in [2.05, 4.69) is 0 Å². The highest BCUT2D eigenvalue weighted by molar-refractivity contribution is 5.77. The van der Waals surface area contributed by atoms with Crippen LogP contribution in [0.2, 0.25) is 0 Å². The summed E-state index contributed by atoms with van der Waals surface area (Å²) in [5.74, 6) is -2.34. The lowest BCUT2D eigenvalue weighted by Crippen LogP contribution is -2.70. The summed E-state index contributed by atoms with van der Waals surface area (Å²) in [4.78, 5) is 14.4. The lowest BCUT2D eigenvalue weighted by Gasteiger charge is -2.66. The summed E-state index contributed by atoms with van der Waals surface area (Å²) in [6, 6.07) is 0. The van der Waals surface area contributed by atoms with Gasteiger partial charge in [0.05, 0.1) is 36.4 Å². The van der Waals surface area contributed by atoms with Crippen LogP contribution in [0.1, 0.15) is 58.8 Å². The molecule has 276 valence electrons.